The Hall–Kier alpha value is -3.47. The third-order valence-electron chi connectivity index (χ3n) is 4.51. The summed E-state index contributed by atoms with van der Waals surface area (Å²) in [5.41, 5.74) is 4.97. The fourth-order valence-electron chi connectivity index (χ4n) is 2.84. The molecule has 0 saturated carbocycles. The van der Waals surface area contributed by atoms with E-state index in [2.05, 4.69) is 15.5 Å². The van der Waals surface area contributed by atoms with Gasteiger partial charge in [0.15, 0.2) is 11.5 Å². The number of nitrogens with one attached hydrogen (secondary N) is 1. The van der Waals surface area contributed by atoms with E-state index < -0.39 is 10.1 Å². The van der Waals surface area contributed by atoms with Crippen LogP contribution in [0.2, 0.25) is 5.02 Å². The summed E-state index contributed by atoms with van der Waals surface area (Å²) in [6.07, 6.45) is 1.53. The first kappa shape index (κ1) is 23.7. The number of thiazole rings is 1. The minimum absolute atomic E-state index is 0.0303. The van der Waals surface area contributed by atoms with Crippen LogP contribution in [0.25, 0.3) is 11.3 Å². The molecule has 3 aromatic carbocycles. The van der Waals surface area contributed by atoms with Crippen molar-refractivity contribution in [3.05, 3.63) is 88.5 Å². The molecule has 0 unspecified atom stereocenters. The second-order valence-electron chi connectivity index (χ2n) is 6.82. The standard InChI is InChI=1S/C23H17ClFN3O4S2/c1-31-22-12-15(2-11-21(22)32-34(29,30)19-9-5-17(24)6-10-19)13-26-28-23-27-20(14-33-23)16-3-7-18(25)8-4-16/h2-14H,1H3,(H,27,28)/b26-13-. The van der Waals surface area contributed by atoms with Crippen molar-refractivity contribution in [1.29, 1.82) is 0 Å². The molecule has 7 nitrogen and oxygen atoms in total. The van der Waals surface area contributed by atoms with Crippen LogP contribution in [0.1, 0.15) is 5.56 Å². The summed E-state index contributed by atoms with van der Waals surface area (Å²) < 4.78 is 48.7. The number of benzene rings is 3. The van der Waals surface area contributed by atoms with Crippen molar-refractivity contribution in [2.45, 2.75) is 4.90 Å². The molecular weight excluding hydrogens is 501 g/mol. The molecule has 11 heteroatoms. The Balaban J connectivity index is 1.44. The Labute approximate surface area is 204 Å². The van der Waals surface area contributed by atoms with Gasteiger partial charge in [-0.25, -0.2) is 9.37 Å². The van der Waals surface area contributed by atoms with Crippen LogP contribution in [0.4, 0.5) is 9.52 Å². The van der Waals surface area contributed by atoms with Crippen LogP contribution in [0.5, 0.6) is 11.5 Å². The fourth-order valence-corrected chi connectivity index (χ4v) is 4.58. The summed E-state index contributed by atoms with van der Waals surface area (Å²) in [4.78, 5) is 4.38. The zero-order chi connectivity index (χ0) is 24.1. The molecule has 34 heavy (non-hydrogen) atoms. The minimum Gasteiger partial charge on any atom is -0.493 e. The summed E-state index contributed by atoms with van der Waals surface area (Å²) in [5.74, 6) is -0.0582. The lowest BCUT2D eigenvalue weighted by atomic mass is 10.2. The molecule has 1 aromatic heterocycles. The zero-order valence-corrected chi connectivity index (χ0v) is 20.0. The van der Waals surface area contributed by atoms with Crippen LogP contribution in [0.15, 0.2) is 82.1 Å². The highest BCUT2D eigenvalue weighted by Gasteiger charge is 2.19. The second-order valence-corrected chi connectivity index (χ2v) is 9.66. The first-order valence-electron chi connectivity index (χ1n) is 9.73. The van der Waals surface area contributed by atoms with E-state index in [-0.39, 0.29) is 22.2 Å². The van der Waals surface area contributed by atoms with E-state index in [0.29, 0.717) is 21.4 Å². The number of aromatic nitrogens is 1. The number of rotatable bonds is 8. The number of hydrazone groups is 1. The van der Waals surface area contributed by atoms with Crippen molar-refractivity contribution < 1.29 is 21.7 Å². The van der Waals surface area contributed by atoms with Crippen LogP contribution in [0, 0.1) is 5.82 Å². The van der Waals surface area contributed by atoms with Gasteiger partial charge in [-0.05, 0) is 72.3 Å². The molecule has 0 fully saturated rings. The molecule has 0 amide bonds. The highest BCUT2D eigenvalue weighted by atomic mass is 35.5. The lowest BCUT2D eigenvalue weighted by Crippen LogP contribution is -2.10. The molecule has 0 aliphatic heterocycles. The maximum atomic E-state index is 13.1. The van der Waals surface area contributed by atoms with E-state index >= 15 is 0 Å². The number of anilines is 1. The summed E-state index contributed by atoms with van der Waals surface area (Å²) >= 11 is 7.16. The molecule has 0 atom stereocenters. The average molecular weight is 518 g/mol. The molecule has 0 aliphatic carbocycles. The van der Waals surface area contributed by atoms with E-state index in [1.807, 2.05) is 5.38 Å². The van der Waals surface area contributed by atoms with Crippen molar-refractivity contribution in [2.24, 2.45) is 5.10 Å². The van der Waals surface area contributed by atoms with Gasteiger partial charge in [0.05, 0.1) is 19.0 Å². The van der Waals surface area contributed by atoms with Gasteiger partial charge < -0.3 is 8.92 Å². The first-order valence-corrected chi connectivity index (χ1v) is 12.4. The van der Waals surface area contributed by atoms with Gasteiger partial charge in [-0.15, -0.1) is 11.3 Å². The zero-order valence-electron chi connectivity index (χ0n) is 17.6. The Morgan fingerprint density at radius 3 is 2.50 bits per heavy atom. The number of hydrogen-bond donors (Lipinski definition) is 1. The van der Waals surface area contributed by atoms with E-state index in [4.69, 9.17) is 20.5 Å². The topological polar surface area (TPSA) is 89.9 Å². The Bertz CT molecular complexity index is 1420. The van der Waals surface area contributed by atoms with Gasteiger partial charge in [-0.3, -0.25) is 5.43 Å². The Kier molecular flexibility index (Phi) is 7.11. The van der Waals surface area contributed by atoms with Gasteiger partial charge in [0.2, 0.25) is 5.13 Å². The summed E-state index contributed by atoms with van der Waals surface area (Å²) in [6.45, 7) is 0. The molecular formula is C23H17ClFN3O4S2. The predicted molar refractivity (Wildman–Crippen MR) is 131 cm³/mol. The molecule has 0 spiro atoms. The molecule has 0 aliphatic rings. The van der Waals surface area contributed by atoms with Crippen molar-refractivity contribution in [3.8, 4) is 22.8 Å². The van der Waals surface area contributed by atoms with Crippen LogP contribution in [0.3, 0.4) is 0 Å². The van der Waals surface area contributed by atoms with Gasteiger partial charge in [-0.2, -0.15) is 13.5 Å². The lowest BCUT2D eigenvalue weighted by molar-refractivity contribution is 0.390. The van der Waals surface area contributed by atoms with Gasteiger partial charge >= 0.3 is 10.1 Å². The van der Waals surface area contributed by atoms with Crippen molar-refractivity contribution in [2.75, 3.05) is 12.5 Å². The van der Waals surface area contributed by atoms with Crippen molar-refractivity contribution >= 4 is 44.4 Å². The molecule has 0 saturated heterocycles. The third-order valence-corrected chi connectivity index (χ3v) is 6.75. The van der Waals surface area contributed by atoms with Gasteiger partial charge in [0, 0.05) is 16.0 Å². The van der Waals surface area contributed by atoms with Crippen LogP contribution >= 0.6 is 22.9 Å². The first-order chi connectivity index (χ1) is 16.3. The van der Waals surface area contributed by atoms with Gasteiger partial charge in [0.25, 0.3) is 0 Å². The Morgan fingerprint density at radius 2 is 1.79 bits per heavy atom. The van der Waals surface area contributed by atoms with Crippen LogP contribution in [-0.4, -0.2) is 26.7 Å². The SMILES string of the molecule is COc1cc(/C=N\Nc2nc(-c3ccc(F)cc3)cs2)ccc1OS(=O)(=O)c1ccc(Cl)cc1. The van der Waals surface area contributed by atoms with Crippen molar-refractivity contribution in [1.82, 2.24) is 4.98 Å². The third kappa shape index (κ3) is 5.71. The molecule has 174 valence electrons. The van der Waals surface area contributed by atoms with Gasteiger partial charge in [-0.1, -0.05) is 11.6 Å². The predicted octanol–water partition coefficient (Wildman–Crippen LogP) is 5.82. The van der Waals surface area contributed by atoms with Crippen molar-refractivity contribution in [3.63, 3.8) is 0 Å². The van der Waals surface area contributed by atoms with Crippen LogP contribution < -0.4 is 14.3 Å². The van der Waals surface area contributed by atoms with E-state index in [9.17, 15) is 12.8 Å². The smallest absolute Gasteiger partial charge is 0.339 e. The fraction of sp³-hybridized carbons (Fsp3) is 0.0435. The highest BCUT2D eigenvalue weighted by Crippen LogP contribution is 2.31. The number of methoxy groups -OCH3 is 1. The molecule has 0 radical (unpaired) electrons. The van der Waals surface area contributed by atoms with Crippen LogP contribution in [-0.2, 0) is 10.1 Å². The normalized spacial score (nSPS) is 11.5. The monoisotopic (exact) mass is 517 g/mol. The number of hydrogen-bond acceptors (Lipinski definition) is 8. The van der Waals surface area contributed by atoms with E-state index in [1.165, 1.54) is 67.1 Å². The summed E-state index contributed by atoms with van der Waals surface area (Å²) in [6, 6.07) is 16.4. The molecule has 1 N–H and O–H groups in total. The molecule has 4 rings (SSSR count). The maximum absolute atomic E-state index is 13.1. The average Bonchev–Trinajstić information content (AvgIpc) is 3.29. The summed E-state index contributed by atoms with van der Waals surface area (Å²) in [7, 11) is -2.66. The summed E-state index contributed by atoms with van der Waals surface area (Å²) in [5, 5.41) is 6.96. The highest BCUT2D eigenvalue weighted by molar-refractivity contribution is 7.87. The number of nitrogens with zero attached hydrogens (tertiary/aromatic N) is 2. The Morgan fingerprint density at radius 1 is 1.06 bits per heavy atom. The van der Waals surface area contributed by atoms with E-state index in [1.54, 1.807) is 24.3 Å². The number of ether oxygens (including phenoxy) is 1. The number of halogens is 2. The molecule has 0 bridgehead atoms. The largest absolute Gasteiger partial charge is 0.493 e. The molecule has 1 heterocycles. The maximum Gasteiger partial charge on any atom is 0.339 e. The second kappa shape index (κ2) is 10.2. The lowest BCUT2D eigenvalue weighted by Gasteiger charge is -2.11. The molecule has 4 aromatic rings. The quantitative estimate of drug-likeness (QED) is 0.180. The van der Waals surface area contributed by atoms with Gasteiger partial charge in [0.1, 0.15) is 10.7 Å². The van der Waals surface area contributed by atoms with E-state index in [0.717, 1.165) is 5.56 Å². The minimum atomic E-state index is -4.06.